The van der Waals surface area contributed by atoms with Crippen molar-refractivity contribution in [2.24, 2.45) is 0 Å². The number of nitrogens with one attached hydrogen (secondary N) is 1. The van der Waals surface area contributed by atoms with Gasteiger partial charge >= 0.3 is 12.0 Å². The van der Waals surface area contributed by atoms with Crippen LogP contribution < -0.4 is 5.32 Å². The summed E-state index contributed by atoms with van der Waals surface area (Å²) in [5, 5.41) is 20.4. The average molecular weight is 260 g/mol. The zero-order valence-corrected chi connectivity index (χ0v) is 10.7. The molecule has 1 atom stereocenters. The third-order valence-electron chi connectivity index (χ3n) is 2.67. The third-order valence-corrected chi connectivity index (χ3v) is 2.67. The van der Waals surface area contributed by atoms with Crippen molar-refractivity contribution in [1.82, 2.24) is 10.2 Å². The molecular weight excluding hydrogens is 240 g/mol. The summed E-state index contributed by atoms with van der Waals surface area (Å²) in [5.74, 6) is -0.962. The van der Waals surface area contributed by atoms with Crippen LogP contribution in [-0.4, -0.2) is 65.1 Å². The van der Waals surface area contributed by atoms with Gasteiger partial charge in [0.1, 0.15) is 0 Å². The molecule has 7 nitrogen and oxygen atoms in total. The zero-order valence-electron chi connectivity index (χ0n) is 10.7. The van der Waals surface area contributed by atoms with Crippen molar-refractivity contribution in [3.8, 4) is 0 Å². The van der Waals surface area contributed by atoms with Gasteiger partial charge in [0.2, 0.25) is 0 Å². The molecule has 1 rings (SSSR count). The molecule has 1 heterocycles. The molecule has 0 aromatic carbocycles. The predicted octanol–water partition coefficient (Wildman–Crippen LogP) is -0.358. The summed E-state index contributed by atoms with van der Waals surface area (Å²) >= 11 is 0. The number of urea groups is 1. The first-order chi connectivity index (χ1) is 8.34. The fourth-order valence-corrected chi connectivity index (χ4v) is 1.81. The quantitative estimate of drug-likeness (QED) is 0.641. The van der Waals surface area contributed by atoms with Crippen molar-refractivity contribution in [2.45, 2.75) is 31.9 Å². The molecule has 18 heavy (non-hydrogen) atoms. The Hall–Kier alpha value is -1.34. The molecule has 0 spiro atoms. The van der Waals surface area contributed by atoms with Crippen molar-refractivity contribution in [3.05, 3.63) is 0 Å². The molecule has 3 N–H and O–H groups in total. The SMILES string of the molecule is CC(C)(CC(=O)O)NC(=O)N1CCOC(CO)C1. The minimum absolute atomic E-state index is 0.137. The van der Waals surface area contributed by atoms with Crippen LogP contribution >= 0.6 is 0 Å². The van der Waals surface area contributed by atoms with E-state index >= 15 is 0 Å². The molecule has 1 saturated heterocycles. The topological polar surface area (TPSA) is 99.1 Å². The molecule has 1 unspecified atom stereocenters. The standard InChI is InChI=1S/C11H20N2O5/c1-11(2,5-9(15)16)12-10(17)13-3-4-18-8(6-13)7-14/h8,14H,3-7H2,1-2H3,(H,12,17)(H,15,16). The van der Waals surface area contributed by atoms with Gasteiger partial charge in [0.05, 0.1) is 32.3 Å². The Morgan fingerprint density at radius 1 is 1.50 bits per heavy atom. The second kappa shape index (κ2) is 6.01. The van der Waals surface area contributed by atoms with Crippen molar-refractivity contribution < 1.29 is 24.5 Å². The Morgan fingerprint density at radius 3 is 2.72 bits per heavy atom. The number of carboxylic acid groups (broad SMARTS) is 1. The van der Waals surface area contributed by atoms with E-state index in [-0.39, 0.29) is 25.2 Å². The van der Waals surface area contributed by atoms with Crippen molar-refractivity contribution in [3.63, 3.8) is 0 Å². The largest absolute Gasteiger partial charge is 0.481 e. The summed E-state index contributed by atoms with van der Waals surface area (Å²) in [7, 11) is 0. The molecule has 0 aromatic heterocycles. The van der Waals surface area contributed by atoms with Gasteiger partial charge in [-0.05, 0) is 13.8 Å². The highest BCUT2D eigenvalue weighted by Crippen LogP contribution is 2.11. The Kier molecular flexibility index (Phi) is 4.92. The van der Waals surface area contributed by atoms with Crippen LogP contribution in [0.4, 0.5) is 4.79 Å². The maximum atomic E-state index is 11.9. The number of morpholine rings is 1. The third kappa shape index (κ3) is 4.50. The first-order valence-electron chi connectivity index (χ1n) is 5.85. The van der Waals surface area contributed by atoms with E-state index in [4.69, 9.17) is 14.9 Å². The highest BCUT2D eigenvalue weighted by atomic mass is 16.5. The molecule has 0 saturated carbocycles. The first kappa shape index (κ1) is 14.7. The lowest BCUT2D eigenvalue weighted by molar-refractivity contribution is -0.138. The lowest BCUT2D eigenvalue weighted by atomic mass is 10.0. The van der Waals surface area contributed by atoms with Crippen LogP contribution in [0.3, 0.4) is 0 Å². The van der Waals surface area contributed by atoms with Crippen LogP contribution in [-0.2, 0) is 9.53 Å². The van der Waals surface area contributed by atoms with E-state index in [2.05, 4.69) is 5.32 Å². The normalized spacial score (nSPS) is 20.6. The zero-order chi connectivity index (χ0) is 13.8. The van der Waals surface area contributed by atoms with Gasteiger partial charge < -0.3 is 25.2 Å². The van der Waals surface area contributed by atoms with Crippen LogP contribution in [0.2, 0.25) is 0 Å². The lowest BCUT2D eigenvalue weighted by Gasteiger charge is -2.35. The number of carbonyl (C=O) groups excluding carboxylic acids is 1. The second-order valence-corrected chi connectivity index (χ2v) is 5.01. The predicted molar refractivity (Wildman–Crippen MR) is 63.3 cm³/mol. The van der Waals surface area contributed by atoms with E-state index in [0.717, 1.165) is 0 Å². The summed E-state index contributed by atoms with van der Waals surface area (Å²) in [6.07, 6.45) is -0.515. The number of rotatable bonds is 4. The molecule has 1 aliphatic rings. The van der Waals surface area contributed by atoms with E-state index in [9.17, 15) is 9.59 Å². The lowest BCUT2D eigenvalue weighted by Crippen LogP contribution is -2.55. The number of amides is 2. The fourth-order valence-electron chi connectivity index (χ4n) is 1.81. The number of nitrogens with zero attached hydrogens (tertiary/aromatic N) is 1. The Balaban J connectivity index is 2.51. The number of hydrogen-bond donors (Lipinski definition) is 3. The Bertz CT molecular complexity index is 319. The molecule has 0 aliphatic carbocycles. The maximum Gasteiger partial charge on any atom is 0.317 e. The van der Waals surface area contributed by atoms with Crippen LogP contribution in [0.1, 0.15) is 20.3 Å². The molecule has 1 aliphatic heterocycles. The van der Waals surface area contributed by atoms with Crippen molar-refractivity contribution in [2.75, 3.05) is 26.3 Å². The van der Waals surface area contributed by atoms with Crippen LogP contribution in [0.5, 0.6) is 0 Å². The molecule has 0 bridgehead atoms. The minimum Gasteiger partial charge on any atom is -0.481 e. The Morgan fingerprint density at radius 2 is 2.17 bits per heavy atom. The molecule has 1 fully saturated rings. The number of aliphatic hydroxyl groups is 1. The van der Waals surface area contributed by atoms with Gasteiger partial charge in [0.25, 0.3) is 0 Å². The van der Waals surface area contributed by atoms with Crippen LogP contribution in [0.15, 0.2) is 0 Å². The number of aliphatic hydroxyl groups excluding tert-OH is 1. The highest BCUT2D eigenvalue weighted by Gasteiger charge is 2.29. The van der Waals surface area contributed by atoms with E-state index in [0.29, 0.717) is 19.7 Å². The molecule has 104 valence electrons. The number of ether oxygens (including phenoxy) is 1. The monoisotopic (exact) mass is 260 g/mol. The molecule has 7 heteroatoms. The molecule has 2 amide bonds. The smallest absolute Gasteiger partial charge is 0.317 e. The van der Waals surface area contributed by atoms with E-state index in [1.165, 1.54) is 4.90 Å². The summed E-state index contributed by atoms with van der Waals surface area (Å²) < 4.78 is 5.24. The summed E-state index contributed by atoms with van der Waals surface area (Å²) in [6.45, 7) is 4.29. The second-order valence-electron chi connectivity index (χ2n) is 5.01. The number of carboxylic acids is 1. The van der Waals surface area contributed by atoms with E-state index < -0.39 is 11.5 Å². The first-order valence-corrected chi connectivity index (χ1v) is 5.85. The maximum absolute atomic E-state index is 11.9. The van der Waals surface area contributed by atoms with E-state index in [1.807, 2.05) is 0 Å². The average Bonchev–Trinajstić information content (AvgIpc) is 2.26. The van der Waals surface area contributed by atoms with Gasteiger partial charge in [-0.1, -0.05) is 0 Å². The van der Waals surface area contributed by atoms with Gasteiger partial charge in [-0.15, -0.1) is 0 Å². The minimum atomic E-state index is -0.962. The van der Waals surface area contributed by atoms with Crippen LogP contribution in [0.25, 0.3) is 0 Å². The Labute approximate surface area is 106 Å². The van der Waals surface area contributed by atoms with Crippen LogP contribution in [0, 0.1) is 0 Å². The summed E-state index contributed by atoms with van der Waals surface area (Å²) in [5.41, 5.74) is -0.810. The highest BCUT2D eigenvalue weighted by molar-refractivity contribution is 5.76. The van der Waals surface area contributed by atoms with Gasteiger partial charge in [0.15, 0.2) is 0 Å². The summed E-state index contributed by atoms with van der Waals surface area (Å²) in [6, 6.07) is -0.331. The molecule has 0 radical (unpaired) electrons. The number of aliphatic carboxylic acids is 1. The molecule has 0 aromatic rings. The van der Waals surface area contributed by atoms with Crippen molar-refractivity contribution >= 4 is 12.0 Å². The molecular formula is C11H20N2O5. The van der Waals surface area contributed by atoms with Gasteiger partial charge in [-0.2, -0.15) is 0 Å². The van der Waals surface area contributed by atoms with Gasteiger partial charge in [-0.25, -0.2) is 4.79 Å². The van der Waals surface area contributed by atoms with Gasteiger partial charge in [0, 0.05) is 12.1 Å². The van der Waals surface area contributed by atoms with Crippen molar-refractivity contribution in [1.29, 1.82) is 0 Å². The number of hydrogen-bond acceptors (Lipinski definition) is 4. The summed E-state index contributed by atoms with van der Waals surface area (Å²) in [4.78, 5) is 24.1. The fraction of sp³-hybridized carbons (Fsp3) is 0.818. The van der Waals surface area contributed by atoms with E-state index in [1.54, 1.807) is 13.8 Å². The number of carbonyl (C=O) groups is 2. The van der Waals surface area contributed by atoms with Gasteiger partial charge in [-0.3, -0.25) is 4.79 Å².